The van der Waals surface area contributed by atoms with Gasteiger partial charge < -0.3 is 43.4 Å². The lowest BCUT2D eigenvalue weighted by molar-refractivity contribution is -0.300. The summed E-state index contributed by atoms with van der Waals surface area (Å²) in [7, 11) is 1.73. The summed E-state index contributed by atoms with van der Waals surface area (Å²) in [5.41, 5.74) is 0.320. The van der Waals surface area contributed by atoms with Crippen molar-refractivity contribution < 1.29 is 48.2 Å². The highest BCUT2D eigenvalue weighted by atomic mass is 16.7. The molecule has 1 aliphatic carbocycles. The van der Waals surface area contributed by atoms with E-state index in [0.717, 1.165) is 18.4 Å². The summed E-state index contributed by atoms with van der Waals surface area (Å²) < 4.78 is 44.7. The summed E-state index contributed by atoms with van der Waals surface area (Å²) in [4.78, 5) is 14.2. The Labute approximate surface area is 303 Å². The van der Waals surface area contributed by atoms with Crippen molar-refractivity contribution in [2.75, 3.05) is 13.7 Å². The van der Waals surface area contributed by atoms with E-state index >= 15 is 0 Å². The van der Waals surface area contributed by atoms with Gasteiger partial charge in [0.15, 0.2) is 12.1 Å². The standard InChI is InChI=1S/C41H60O10/c1-9-23(2)37-26(5)15-16-40(51-37)21-32-19-30(50-40)14-13-25(4)36(49-34-20-31(45-8)18-28(7)47-34)24(3)11-10-12-29-22-46-38-35(42)27(6)17-33(39(43)48-32)41(29,38)44/h10-13,15-17,23-24,26,28,30-38,42,44H,9,14,18-22H2,1-8H3/b11-10+,25-13+,29-12+/t23?,24-,26-,28-,30+,31+,32-,33-,34-,35+,36-,37+,38?,40+,41+/m0/s1. The number of rotatable bonds is 5. The van der Waals surface area contributed by atoms with Crippen LogP contribution in [0.2, 0.25) is 0 Å². The fourth-order valence-electron chi connectivity index (χ4n) is 8.87. The molecule has 5 heterocycles. The van der Waals surface area contributed by atoms with E-state index in [9.17, 15) is 15.0 Å². The Morgan fingerprint density at radius 2 is 1.82 bits per heavy atom. The van der Waals surface area contributed by atoms with Crippen LogP contribution in [0, 0.1) is 23.7 Å². The Morgan fingerprint density at radius 1 is 1.04 bits per heavy atom. The molecule has 51 heavy (non-hydrogen) atoms. The van der Waals surface area contributed by atoms with Crippen molar-refractivity contribution in [2.45, 2.75) is 154 Å². The van der Waals surface area contributed by atoms with E-state index in [1.807, 2.05) is 25.2 Å². The van der Waals surface area contributed by atoms with Gasteiger partial charge in [-0.3, -0.25) is 4.79 Å². The van der Waals surface area contributed by atoms with Crippen LogP contribution >= 0.6 is 0 Å². The van der Waals surface area contributed by atoms with Crippen molar-refractivity contribution in [3.05, 3.63) is 59.3 Å². The summed E-state index contributed by atoms with van der Waals surface area (Å²) in [6.45, 7) is 14.6. The molecule has 6 aliphatic rings. The minimum atomic E-state index is -1.78. The zero-order valence-corrected chi connectivity index (χ0v) is 31.7. The average Bonchev–Trinajstić information content (AvgIpc) is 3.44. The molecule has 1 spiro atoms. The number of fused-ring (bicyclic) bond motifs is 2. The smallest absolute Gasteiger partial charge is 0.316 e. The highest BCUT2D eigenvalue weighted by molar-refractivity contribution is 5.78. The minimum absolute atomic E-state index is 0.00397. The zero-order valence-electron chi connectivity index (χ0n) is 31.7. The third-order valence-electron chi connectivity index (χ3n) is 12.1. The second-order valence-electron chi connectivity index (χ2n) is 16.0. The fourth-order valence-corrected chi connectivity index (χ4v) is 8.87. The van der Waals surface area contributed by atoms with Crippen LogP contribution in [0.25, 0.3) is 0 Å². The van der Waals surface area contributed by atoms with Crippen LogP contribution in [0.4, 0.5) is 0 Å². The predicted molar refractivity (Wildman–Crippen MR) is 191 cm³/mol. The molecule has 0 radical (unpaired) electrons. The highest BCUT2D eigenvalue weighted by Gasteiger charge is 2.60. The average molecular weight is 713 g/mol. The lowest BCUT2D eigenvalue weighted by Crippen LogP contribution is -2.58. The first-order chi connectivity index (χ1) is 24.3. The molecule has 3 saturated heterocycles. The lowest BCUT2D eigenvalue weighted by atomic mass is 9.71. The molecular weight excluding hydrogens is 652 g/mol. The Balaban J connectivity index is 1.38. The van der Waals surface area contributed by atoms with Gasteiger partial charge in [-0.2, -0.15) is 0 Å². The van der Waals surface area contributed by atoms with Crippen LogP contribution in [0.3, 0.4) is 0 Å². The van der Waals surface area contributed by atoms with E-state index in [1.54, 1.807) is 26.2 Å². The minimum Gasteiger partial charge on any atom is -0.462 e. The summed E-state index contributed by atoms with van der Waals surface area (Å²) in [6.07, 6.45) is 13.8. The topological polar surface area (TPSA) is 122 Å². The van der Waals surface area contributed by atoms with Crippen molar-refractivity contribution in [3.8, 4) is 0 Å². The molecule has 15 atom stereocenters. The molecule has 0 amide bonds. The van der Waals surface area contributed by atoms with Gasteiger partial charge in [0.1, 0.15) is 29.8 Å². The van der Waals surface area contributed by atoms with Gasteiger partial charge in [-0.15, -0.1) is 0 Å². The van der Waals surface area contributed by atoms with Crippen molar-refractivity contribution in [1.29, 1.82) is 0 Å². The van der Waals surface area contributed by atoms with Crippen LogP contribution in [0.15, 0.2) is 59.3 Å². The maximum Gasteiger partial charge on any atom is 0.316 e. The number of hydrogen-bond donors (Lipinski definition) is 2. The number of aliphatic hydroxyl groups excluding tert-OH is 1. The zero-order chi connectivity index (χ0) is 36.7. The molecular formula is C41H60O10. The third-order valence-corrected chi connectivity index (χ3v) is 12.1. The Bertz CT molecular complexity index is 1420. The SMILES string of the molecule is CCC(C)[C@H]1O[C@]2(C=C[C@@H]1C)C[C@@H]1C[C@@H](C/C=C(\C)[C@@H](O[C@H]3C[C@H](OC)C[C@H](C)O3)[C@@H](C)/C=C/C=C3\COC4[C@H](O)C(C)=C[C@@H](C(=O)O1)[C@]34O)O2. The van der Waals surface area contributed by atoms with Crippen LogP contribution in [-0.2, 0) is 38.0 Å². The number of methoxy groups -OCH3 is 1. The molecule has 0 aromatic heterocycles. The maximum atomic E-state index is 14.2. The largest absolute Gasteiger partial charge is 0.462 e. The quantitative estimate of drug-likeness (QED) is 0.264. The number of hydrogen-bond acceptors (Lipinski definition) is 10. The van der Waals surface area contributed by atoms with Crippen molar-refractivity contribution >= 4 is 5.97 Å². The molecule has 0 aromatic carbocycles. The Hall–Kier alpha value is -2.15. The monoisotopic (exact) mass is 712 g/mol. The van der Waals surface area contributed by atoms with Gasteiger partial charge in [-0.05, 0) is 62.3 Å². The number of esters is 1. The summed E-state index contributed by atoms with van der Waals surface area (Å²) in [6, 6.07) is 0. The van der Waals surface area contributed by atoms with Crippen LogP contribution in [-0.4, -0.2) is 96.4 Å². The van der Waals surface area contributed by atoms with Crippen molar-refractivity contribution in [2.24, 2.45) is 23.7 Å². The molecule has 5 aliphatic heterocycles. The number of ether oxygens (including phenoxy) is 7. The molecule has 284 valence electrons. The van der Waals surface area contributed by atoms with Gasteiger partial charge >= 0.3 is 5.97 Å². The van der Waals surface area contributed by atoms with Gasteiger partial charge in [-0.25, -0.2) is 0 Å². The van der Waals surface area contributed by atoms with Gasteiger partial charge in [0.05, 0.1) is 37.1 Å². The second kappa shape index (κ2) is 15.7. The van der Waals surface area contributed by atoms with Gasteiger partial charge in [-0.1, -0.05) is 70.6 Å². The van der Waals surface area contributed by atoms with E-state index in [2.05, 4.69) is 46.8 Å². The normalized spacial score (nSPS) is 48.0. The second-order valence-corrected chi connectivity index (χ2v) is 16.0. The van der Waals surface area contributed by atoms with E-state index < -0.39 is 47.9 Å². The van der Waals surface area contributed by atoms with Crippen LogP contribution in [0.1, 0.15) is 87.0 Å². The van der Waals surface area contributed by atoms with Crippen molar-refractivity contribution in [1.82, 2.24) is 0 Å². The first-order valence-corrected chi connectivity index (χ1v) is 19.1. The number of aliphatic hydroxyl groups is 2. The van der Waals surface area contributed by atoms with Gasteiger partial charge in [0.25, 0.3) is 0 Å². The molecule has 3 fully saturated rings. The molecule has 2 N–H and O–H groups in total. The predicted octanol–water partition coefficient (Wildman–Crippen LogP) is 5.87. The van der Waals surface area contributed by atoms with Crippen LogP contribution in [0.5, 0.6) is 0 Å². The Kier molecular flexibility index (Phi) is 11.9. The molecule has 2 bridgehead atoms. The summed E-state index contributed by atoms with van der Waals surface area (Å²) >= 11 is 0. The molecule has 10 nitrogen and oxygen atoms in total. The molecule has 0 aromatic rings. The van der Waals surface area contributed by atoms with E-state index in [0.29, 0.717) is 42.7 Å². The van der Waals surface area contributed by atoms with E-state index in [-0.39, 0.29) is 49.0 Å². The van der Waals surface area contributed by atoms with Crippen LogP contribution < -0.4 is 0 Å². The first kappa shape index (κ1) is 38.6. The summed E-state index contributed by atoms with van der Waals surface area (Å²) in [5, 5.41) is 23.5. The highest BCUT2D eigenvalue weighted by Crippen LogP contribution is 2.47. The number of carbonyl (C=O) groups excluding carboxylic acids is 1. The third kappa shape index (κ3) is 7.90. The molecule has 0 saturated carbocycles. The molecule has 6 rings (SSSR count). The molecule has 2 unspecified atom stereocenters. The first-order valence-electron chi connectivity index (χ1n) is 19.1. The van der Waals surface area contributed by atoms with Crippen molar-refractivity contribution in [3.63, 3.8) is 0 Å². The molecule has 10 heteroatoms. The Morgan fingerprint density at radius 3 is 2.57 bits per heavy atom. The maximum absolute atomic E-state index is 14.2. The fraction of sp³-hybridized carbons (Fsp3) is 0.732. The number of carbonyl (C=O) groups is 1. The van der Waals surface area contributed by atoms with Gasteiger partial charge in [0, 0.05) is 38.2 Å². The van der Waals surface area contributed by atoms with E-state index in [4.69, 9.17) is 33.2 Å². The lowest BCUT2D eigenvalue weighted by Gasteiger charge is -2.48. The number of allylic oxidation sites excluding steroid dienone is 2. The van der Waals surface area contributed by atoms with Gasteiger partial charge in [0.2, 0.25) is 0 Å². The van der Waals surface area contributed by atoms with E-state index in [1.165, 1.54) is 0 Å². The summed E-state index contributed by atoms with van der Waals surface area (Å²) in [5.74, 6) is -2.27.